The molecule has 8 heteroatoms. The summed E-state index contributed by atoms with van der Waals surface area (Å²) in [5.74, 6) is 0. The molecule has 0 saturated carbocycles. The Labute approximate surface area is 129 Å². The lowest BCUT2D eigenvalue weighted by Gasteiger charge is -2.13. The van der Waals surface area contributed by atoms with Crippen LogP contribution in [0.2, 0.25) is 0 Å². The van der Waals surface area contributed by atoms with Gasteiger partial charge in [0.1, 0.15) is 25.4 Å². The van der Waals surface area contributed by atoms with Crippen LogP contribution in [0.25, 0.3) is 0 Å². The molecule has 2 fully saturated rings. The van der Waals surface area contributed by atoms with Gasteiger partial charge in [0.05, 0.1) is 52.4 Å². The predicted molar refractivity (Wildman–Crippen MR) is 73.8 cm³/mol. The normalized spacial score (nSPS) is 23.9. The van der Waals surface area contributed by atoms with E-state index in [9.17, 15) is 4.79 Å². The summed E-state index contributed by atoms with van der Waals surface area (Å²) in [6.45, 7) is 6.21. The average molecular weight is 320 g/mol. The molecule has 2 heterocycles. The summed E-state index contributed by atoms with van der Waals surface area (Å²) in [5.41, 5.74) is 0. The van der Waals surface area contributed by atoms with E-state index in [1.54, 1.807) is 0 Å². The van der Waals surface area contributed by atoms with Gasteiger partial charge in [-0.15, -0.1) is 0 Å². The minimum absolute atomic E-state index is 0.0433. The third kappa shape index (κ3) is 9.16. The maximum Gasteiger partial charge on any atom is 0.508 e. The van der Waals surface area contributed by atoms with Gasteiger partial charge >= 0.3 is 6.16 Å². The molecule has 0 amide bonds. The second kappa shape index (κ2) is 9.96. The Kier molecular flexibility index (Phi) is 7.89. The first-order chi connectivity index (χ1) is 10.7. The molecule has 0 aromatic heterocycles. The van der Waals surface area contributed by atoms with E-state index < -0.39 is 6.16 Å². The number of hydrogen-bond donors (Lipinski definition) is 0. The van der Waals surface area contributed by atoms with E-state index in [0.717, 1.165) is 6.61 Å². The Balaban J connectivity index is 1.30. The number of carbonyl (C=O) groups is 1. The van der Waals surface area contributed by atoms with Gasteiger partial charge in [0.15, 0.2) is 0 Å². The van der Waals surface area contributed by atoms with E-state index in [0.29, 0.717) is 39.6 Å². The summed E-state index contributed by atoms with van der Waals surface area (Å²) in [6.07, 6.45) is -0.446. The minimum Gasteiger partial charge on any atom is -0.432 e. The van der Waals surface area contributed by atoms with Gasteiger partial charge in [0.2, 0.25) is 0 Å². The van der Waals surface area contributed by atoms with E-state index in [1.807, 2.05) is 6.92 Å². The number of epoxide rings is 2. The van der Waals surface area contributed by atoms with Crippen molar-refractivity contribution in [3.05, 3.63) is 0 Å². The van der Waals surface area contributed by atoms with E-state index in [-0.39, 0.29) is 31.5 Å². The summed E-state index contributed by atoms with van der Waals surface area (Å²) in [7, 11) is 0. The van der Waals surface area contributed by atoms with Gasteiger partial charge in [0.25, 0.3) is 0 Å². The lowest BCUT2D eigenvalue weighted by atomic mass is 10.4. The van der Waals surface area contributed by atoms with Crippen molar-refractivity contribution >= 4 is 6.16 Å². The molecule has 0 aromatic carbocycles. The molecule has 0 bridgehead atoms. The molecule has 22 heavy (non-hydrogen) atoms. The lowest BCUT2D eigenvalue weighted by Crippen LogP contribution is -2.21. The van der Waals surface area contributed by atoms with Crippen LogP contribution in [-0.4, -0.2) is 83.9 Å². The molecule has 2 aliphatic heterocycles. The molecule has 0 aliphatic carbocycles. The predicted octanol–water partition coefficient (Wildman–Crippen LogP) is 0.376. The van der Waals surface area contributed by atoms with Crippen LogP contribution < -0.4 is 0 Å². The van der Waals surface area contributed by atoms with E-state index in [4.69, 9.17) is 33.2 Å². The molecule has 3 unspecified atom stereocenters. The van der Waals surface area contributed by atoms with E-state index in [1.165, 1.54) is 0 Å². The van der Waals surface area contributed by atoms with Gasteiger partial charge in [0, 0.05) is 0 Å². The first-order valence-electron chi connectivity index (χ1n) is 7.54. The molecule has 0 radical (unpaired) electrons. The Morgan fingerprint density at radius 3 is 2.41 bits per heavy atom. The van der Waals surface area contributed by atoms with Crippen LogP contribution in [0.5, 0.6) is 0 Å². The average Bonchev–Trinajstić information content (AvgIpc) is 3.38. The van der Waals surface area contributed by atoms with Crippen LogP contribution in [0.1, 0.15) is 6.92 Å². The molecule has 0 spiro atoms. The monoisotopic (exact) mass is 320 g/mol. The van der Waals surface area contributed by atoms with Crippen LogP contribution in [0.4, 0.5) is 4.79 Å². The van der Waals surface area contributed by atoms with Crippen molar-refractivity contribution < 1.29 is 38.0 Å². The van der Waals surface area contributed by atoms with Crippen molar-refractivity contribution in [1.29, 1.82) is 0 Å². The molecule has 128 valence electrons. The summed E-state index contributed by atoms with van der Waals surface area (Å²) in [4.78, 5) is 11.1. The maximum atomic E-state index is 11.1. The molecule has 8 nitrogen and oxygen atoms in total. The van der Waals surface area contributed by atoms with Crippen LogP contribution in [0, 0.1) is 0 Å². The molecule has 3 atom stereocenters. The highest BCUT2D eigenvalue weighted by Crippen LogP contribution is 2.09. The van der Waals surface area contributed by atoms with Gasteiger partial charge < -0.3 is 33.2 Å². The minimum atomic E-state index is -0.695. The van der Waals surface area contributed by atoms with Gasteiger partial charge in [-0.05, 0) is 6.92 Å². The highest BCUT2D eigenvalue weighted by Gasteiger charge is 2.24. The number of ether oxygens (including phenoxy) is 7. The zero-order valence-corrected chi connectivity index (χ0v) is 12.9. The zero-order chi connectivity index (χ0) is 15.6. The van der Waals surface area contributed by atoms with Crippen molar-refractivity contribution in [3.8, 4) is 0 Å². The quantitative estimate of drug-likeness (QED) is 0.273. The highest BCUT2D eigenvalue weighted by atomic mass is 16.7. The summed E-state index contributed by atoms with van der Waals surface area (Å²) in [5, 5.41) is 0. The second-order valence-corrected chi connectivity index (χ2v) is 5.15. The van der Waals surface area contributed by atoms with E-state index >= 15 is 0 Å². The topological polar surface area (TPSA) is 88.3 Å². The maximum absolute atomic E-state index is 11.1. The lowest BCUT2D eigenvalue weighted by molar-refractivity contribution is -0.0392. The van der Waals surface area contributed by atoms with Gasteiger partial charge in [-0.2, -0.15) is 0 Å². The van der Waals surface area contributed by atoms with E-state index in [2.05, 4.69) is 0 Å². The number of carbonyl (C=O) groups excluding carboxylic acids is 1. The molecule has 2 saturated heterocycles. The van der Waals surface area contributed by atoms with Crippen LogP contribution in [0.3, 0.4) is 0 Å². The third-order valence-corrected chi connectivity index (χ3v) is 2.93. The van der Waals surface area contributed by atoms with Crippen molar-refractivity contribution in [2.24, 2.45) is 0 Å². The van der Waals surface area contributed by atoms with Gasteiger partial charge in [-0.25, -0.2) is 4.79 Å². The Bertz CT molecular complexity index is 316. The standard InChI is InChI=1S/C14H24O8/c1-11(6-16-2-3-17-7-12-8-20-12)18-4-5-19-14(15)22-10-13-9-21-13/h11-13H,2-10H2,1H3. The number of hydrogen-bond acceptors (Lipinski definition) is 8. The third-order valence-electron chi connectivity index (χ3n) is 2.93. The first-order valence-corrected chi connectivity index (χ1v) is 7.54. The fraction of sp³-hybridized carbons (Fsp3) is 0.929. The fourth-order valence-corrected chi connectivity index (χ4v) is 1.54. The van der Waals surface area contributed by atoms with Crippen molar-refractivity contribution in [2.45, 2.75) is 25.2 Å². The summed E-state index contributed by atoms with van der Waals surface area (Å²) in [6, 6.07) is 0. The molecular weight excluding hydrogens is 296 g/mol. The fourth-order valence-electron chi connectivity index (χ4n) is 1.54. The van der Waals surface area contributed by atoms with Crippen molar-refractivity contribution in [3.63, 3.8) is 0 Å². The summed E-state index contributed by atoms with van der Waals surface area (Å²) < 4.78 is 35.8. The smallest absolute Gasteiger partial charge is 0.432 e. The van der Waals surface area contributed by atoms with Gasteiger partial charge in [-0.3, -0.25) is 0 Å². The zero-order valence-electron chi connectivity index (χ0n) is 12.9. The molecule has 0 aromatic rings. The van der Waals surface area contributed by atoms with Crippen LogP contribution >= 0.6 is 0 Å². The van der Waals surface area contributed by atoms with Crippen molar-refractivity contribution in [2.75, 3.05) is 59.5 Å². The number of rotatable bonds is 13. The molecule has 0 N–H and O–H groups in total. The van der Waals surface area contributed by atoms with Crippen LogP contribution in [0.15, 0.2) is 0 Å². The van der Waals surface area contributed by atoms with Crippen LogP contribution in [-0.2, 0) is 33.2 Å². The van der Waals surface area contributed by atoms with Gasteiger partial charge in [-0.1, -0.05) is 0 Å². The van der Waals surface area contributed by atoms with Crippen molar-refractivity contribution in [1.82, 2.24) is 0 Å². The molecular formula is C14H24O8. The molecule has 2 rings (SSSR count). The second-order valence-electron chi connectivity index (χ2n) is 5.15. The Hall–Kier alpha value is -0.930. The molecule has 2 aliphatic rings. The summed E-state index contributed by atoms with van der Waals surface area (Å²) >= 11 is 0. The highest BCUT2D eigenvalue weighted by molar-refractivity contribution is 5.59. The Morgan fingerprint density at radius 2 is 1.68 bits per heavy atom. The SMILES string of the molecule is CC(COCCOCC1CO1)OCCOC(=O)OCC1CO1. The first kappa shape index (κ1) is 17.4. The largest absolute Gasteiger partial charge is 0.508 e. The Morgan fingerprint density at radius 1 is 1.00 bits per heavy atom.